The summed E-state index contributed by atoms with van der Waals surface area (Å²) in [6.45, 7) is -0.0494. The average Bonchev–Trinajstić information content (AvgIpc) is 3.00. The summed E-state index contributed by atoms with van der Waals surface area (Å²) >= 11 is 5.93. The van der Waals surface area contributed by atoms with E-state index in [4.69, 9.17) is 11.6 Å². The SMILES string of the molecule is O=[N+]([O-])c1cc(Cl)ccc1C1(c2ccc(O)cc2)C=C(CCO)C=N1. The minimum atomic E-state index is -1.11. The van der Waals surface area contributed by atoms with Gasteiger partial charge >= 0.3 is 0 Å². The summed E-state index contributed by atoms with van der Waals surface area (Å²) in [7, 11) is 0. The second-order valence-corrected chi connectivity index (χ2v) is 6.12. The molecular formula is C18H15ClN2O4. The van der Waals surface area contributed by atoms with Crippen LogP contribution in [0.25, 0.3) is 0 Å². The van der Waals surface area contributed by atoms with Crippen molar-refractivity contribution in [3.63, 3.8) is 0 Å². The molecule has 7 heteroatoms. The van der Waals surface area contributed by atoms with Crippen LogP contribution in [-0.2, 0) is 5.54 Å². The predicted octanol–water partition coefficient (Wildman–Crippen LogP) is 3.59. The fraction of sp³-hybridized carbons (Fsp3) is 0.167. The highest BCUT2D eigenvalue weighted by Gasteiger charge is 2.39. The number of nitro groups is 1. The van der Waals surface area contributed by atoms with Crippen molar-refractivity contribution in [3.8, 4) is 5.75 Å². The van der Waals surface area contributed by atoms with E-state index in [1.807, 2.05) is 0 Å². The van der Waals surface area contributed by atoms with Crippen molar-refractivity contribution < 1.29 is 15.1 Å². The molecule has 0 spiro atoms. The third-order valence-electron chi connectivity index (χ3n) is 4.10. The number of benzene rings is 2. The van der Waals surface area contributed by atoms with Gasteiger partial charge in [0.25, 0.3) is 5.69 Å². The number of aromatic hydroxyl groups is 1. The van der Waals surface area contributed by atoms with E-state index in [0.29, 0.717) is 17.5 Å². The van der Waals surface area contributed by atoms with Gasteiger partial charge in [-0.3, -0.25) is 15.1 Å². The highest BCUT2D eigenvalue weighted by Crippen LogP contribution is 2.44. The van der Waals surface area contributed by atoms with Crippen LogP contribution < -0.4 is 0 Å². The van der Waals surface area contributed by atoms with E-state index in [9.17, 15) is 20.3 Å². The number of hydrogen-bond acceptors (Lipinski definition) is 5. The summed E-state index contributed by atoms with van der Waals surface area (Å²) in [6, 6.07) is 10.8. The van der Waals surface area contributed by atoms with Crippen LogP contribution in [0, 0.1) is 10.1 Å². The largest absolute Gasteiger partial charge is 0.508 e. The maximum Gasteiger partial charge on any atom is 0.277 e. The third-order valence-corrected chi connectivity index (χ3v) is 4.34. The van der Waals surface area contributed by atoms with Crippen molar-refractivity contribution in [2.45, 2.75) is 12.0 Å². The smallest absolute Gasteiger partial charge is 0.277 e. The number of halogens is 1. The number of aliphatic hydroxyl groups is 1. The highest BCUT2D eigenvalue weighted by atomic mass is 35.5. The third kappa shape index (κ3) is 3.14. The minimum Gasteiger partial charge on any atom is -0.508 e. The number of phenols is 1. The molecule has 128 valence electrons. The molecule has 1 atom stereocenters. The molecule has 0 saturated heterocycles. The van der Waals surface area contributed by atoms with Gasteiger partial charge in [-0.15, -0.1) is 0 Å². The second kappa shape index (κ2) is 6.66. The van der Waals surface area contributed by atoms with Crippen molar-refractivity contribution in [2.24, 2.45) is 4.99 Å². The van der Waals surface area contributed by atoms with Gasteiger partial charge in [0, 0.05) is 23.9 Å². The molecule has 2 aromatic rings. The Morgan fingerprint density at radius 3 is 2.56 bits per heavy atom. The van der Waals surface area contributed by atoms with Gasteiger partial charge in [0.15, 0.2) is 0 Å². The monoisotopic (exact) mass is 358 g/mol. The molecule has 0 radical (unpaired) electrons. The van der Waals surface area contributed by atoms with Gasteiger partial charge in [-0.2, -0.15) is 0 Å². The lowest BCUT2D eigenvalue weighted by molar-refractivity contribution is -0.385. The summed E-state index contributed by atoms with van der Waals surface area (Å²) in [5.74, 6) is 0.0889. The molecule has 2 aromatic carbocycles. The van der Waals surface area contributed by atoms with Gasteiger partial charge in [0.2, 0.25) is 0 Å². The standard InChI is InChI=1S/C18H15ClN2O4/c19-14-3-6-16(17(9-14)21(24)25)18(10-12(7-8-22)11-20-18)13-1-4-15(23)5-2-13/h1-6,9-11,22-23H,7-8H2. The van der Waals surface area contributed by atoms with Crippen LogP contribution in [0.5, 0.6) is 5.75 Å². The van der Waals surface area contributed by atoms with Crippen LogP contribution in [0.3, 0.4) is 0 Å². The van der Waals surface area contributed by atoms with Crippen LogP contribution in [0.2, 0.25) is 5.02 Å². The molecule has 0 aliphatic carbocycles. The van der Waals surface area contributed by atoms with Crippen molar-refractivity contribution >= 4 is 23.5 Å². The zero-order valence-electron chi connectivity index (χ0n) is 13.1. The van der Waals surface area contributed by atoms with E-state index in [1.54, 1.807) is 36.6 Å². The zero-order valence-corrected chi connectivity index (χ0v) is 13.8. The van der Waals surface area contributed by atoms with Gasteiger partial charge in [0.05, 0.1) is 10.5 Å². The lowest BCUT2D eigenvalue weighted by atomic mass is 9.82. The number of rotatable bonds is 5. The van der Waals surface area contributed by atoms with Gasteiger partial charge in [-0.25, -0.2) is 0 Å². The Morgan fingerprint density at radius 1 is 1.20 bits per heavy atom. The highest BCUT2D eigenvalue weighted by molar-refractivity contribution is 6.30. The van der Waals surface area contributed by atoms with Crippen molar-refractivity contribution in [1.29, 1.82) is 0 Å². The van der Waals surface area contributed by atoms with Crippen molar-refractivity contribution in [1.82, 2.24) is 0 Å². The molecular weight excluding hydrogens is 344 g/mol. The van der Waals surface area contributed by atoms with E-state index in [2.05, 4.69) is 4.99 Å². The van der Waals surface area contributed by atoms with Gasteiger partial charge < -0.3 is 10.2 Å². The Morgan fingerprint density at radius 2 is 1.92 bits per heavy atom. The zero-order chi connectivity index (χ0) is 18.0. The fourth-order valence-corrected chi connectivity index (χ4v) is 3.11. The van der Waals surface area contributed by atoms with Crippen LogP contribution in [0.1, 0.15) is 17.5 Å². The fourth-order valence-electron chi connectivity index (χ4n) is 2.95. The molecule has 0 aromatic heterocycles. The van der Waals surface area contributed by atoms with Crippen molar-refractivity contribution in [3.05, 3.63) is 80.4 Å². The summed E-state index contributed by atoms with van der Waals surface area (Å²) in [4.78, 5) is 15.6. The summed E-state index contributed by atoms with van der Waals surface area (Å²) < 4.78 is 0. The first-order valence-corrected chi connectivity index (χ1v) is 7.96. The van der Waals surface area contributed by atoms with Crippen LogP contribution in [0.4, 0.5) is 5.69 Å². The Labute approximate surface area is 148 Å². The molecule has 1 unspecified atom stereocenters. The van der Waals surface area contributed by atoms with E-state index in [-0.39, 0.29) is 23.1 Å². The van der Waals surface area contributed by atoms with Gasteiger partial charge in [-0.1, -0.05) is 23.7 Å². The van der Waals surface area contributed by atoms with E-state index < -0.39 is 10.5 Å². The van der Waals surface area contributed by atoms with Crippen LogP contribution in [0.15, 0.2) is 59.1 Å². The maximum absolute atomic E-state index is 11.6. The quantitative estimate of drug-likeness (QED) is 0.630. The van der Waals surface area contributed by atoms with E-state index in [0.717, 1.165) is 5.57 Å². The minimum absolute atomic E-state index is 0.0494. The normalized spacial score (nSPS) is 19.0. The Balaban J connectivity index is 2.26. The number of aliphatic hydroxyl groups excluding tert-OH is 1. The molecule has 1 aliphatic rings. The topological polar surface area (TPSA) is 96.0 Å². The molecule has 25 heavy (non-hydrogen) atoms. The summed E-state index contributed by atoms with van der Waals surface area (Å²) in [5.41, 5.74) is 0.571. The number of phenolic OH excluding ortho intramolecular Hbond substituents is 1. The van der Waals surface area contributed by atoms with E-state index >= 15 is 0 Å². The van der Waals surface area contributed by atoms with Crippen LogP contribution >= 0.6 is 11.6 Å². The molecule has 1 heterocycles. The molecule has 0 amide bonds. The number of hydrogen-bond donors (Lipinski definition) is 2. The number of aliphatic imine (C=N–C) groups is 1. The molecule has 0 fully saturated rings. The molecule has 0 saturated carbocycles. The van der Waals surface area contributed by atoms with E-state index in [1.165, 1.54) is 18.2 Å². The Bertz CT molecular complexity index is 877. The average molecular weight is 359 g/mol. The number of nitro benzene ring substituents is 1. The maximum atomic E-state index is 11.6. The molecule has 6 nitrogen and oxygen atoms in total. The van der Waals surface area contributed by atoms with Gasteiger partial charge in [0.1, 0.15) is 11.3 Å². The predicted molar refractivity (Wildman–Crippen MR) is 95.3 cm³/mol. The summed E-state index contributed by atoms with van der Waals surface area (Å²) in [5, 5.41) is 30.6. The first-order valence-electron chi connectivity index (χ1n) is 7.58. The van der Waals surface area contributed by atoms with Gasteiger partial charge in [-0.05, 0) is 47.9 Å². The lowest BCUT2D eigenvalue weighted by Gasteiger charge is -2.25. The molecule has 1 aliphatic heterocycles. The first-order chi connectivity index (χ1) is 12.0. The number of nitrogens with zero attached hydrogens (tertiary/aromatic N) is 2. The molecule has 2 N–H and O–H groups in total. The van der Waals surface area contributed by atoms with Crippen molar-refractivity contribution in [2.75, 3.05) is 6.61 Å². The van der Waals surface area contributed by atoms with Crippen LogP contribution in [-0.4, -0.2) is 28.0 Å². The Hall–Kier alpha value is -2.70. The first kappa shape index (κ1) is 17.1. The molecule has 0 bridgehead atoms. The Kier molecular flexibility index (Phi) is 4.57. The molecule has 3 rings (SSSR count). The second-order valence-electron chi connectivity index (χ2n) is 5.68. The summed E-state index contributed by atoms with van der Waals surface area (Å²) in [6.07, 6.45) is 3.80. The lowest BCUT2D eigenvalue weighted by Crippen LogP contribution is -2.22.